The van der Waals surface area contributed by atoms with Crippen LogP contribution in [0.4, 0.5) is 10.8 Å². The minimum Gasteiger partial charge on any atom is -0.382 e. The molecule has 0 bridgehead atoms. The van der Waals surface area contributed by atoms with Gasteiger partial charge in [-0.2, -0.15) is 4.37 Å². The molecule has 0 radical (unpaired) electrons. The Bertz CT molecular complexity index is 385. The van der Waals surface area contributed by atoms with Crippen LogP contribution in [0.3, 0.4) is 0 Å². The Morgan fingerprint density at radius 3 is 2.78 bits per heavy atom. The number of hydrogen-bond donors (Lipinski definition) is 1. The van der Waals surface area contributed by atoms with Crippen LogP contribution in [0.2, 0.25) is 0 Å². The lowest BCUT2D eigenvalue weighted by molar-refractivity contribution is 0.222. The zero-order valence-electron chi connectivity index (χ0n) is 11.3. The lowest BCUT2D eigenvalue weighted by Gasteiger charge is -2.32. The molecule has 0 atom stereocenters. The van der Waals surface area contributed by atoms with E-state index in [2.05, 4.69) is 34.5 Å². The fraction of sp³-hybridized carbons (Fsp3) is 0.750. The van der Waals surface area contributed by atoms with Crippen molar-refractivity contribution in [2.45, 2.75) is 17.7 Å². The number of rotatable bonds is 4. The third-order valence-corrected chi connectivity index (χ3v) is 5.50. The second kappa shape index (κ2) is 6.12. The first kappa shape index (κ1) is 14.0. The molecule has 2 heterocycles. The third-order valence-electron chi connectivity index (χ3n) is 3.58. The van der Waals surface area contributed by atoms with Gasteiger partial charge in [0, 0.05) is 13.6 Å². The lowest BCUT2D eigenvalue weighted by atomic mass is 9.97. The van der Waals surface area contributed by atoms with E-state index in [4.69, 9.17) is 5.73 Å². The van der Waals surface area contributed by atoms with Gasteiger partial charge in [0.1, 0.15) is 5.00 Å². The maximum atomic E-state index is 5.89. The van der Waals surface area contributed by atoms with Crippen LogP contribution in [0.5, 0.6) is 0 Å². The molecule has 1 aromatic rings. The number of hydrogen-bond acceptors (Lipinski definition) is 6. The van der Waals surface area contributed by atoms with E-state index < -0.39 is 0 Å². The van der Waals surface area contributed by atoms with Crippen LogP contribution < -0.4 is 10.6 Å². The van der Waals surface area contributed by atoms with Gasteiger partial charge in [0.25, 0.3) is 0 Å². The van der Waals surface area contributed by atoms with E-state index in [1.54, 1.807) is 11.8 Å². The standard InChI is InChI=1S/C12H22N4S2/c1-15-6-4-9(5-7-15)8-16(2)12-10(17-3)11(13)14-18-12/h9H,4-8H2,1-3H3,(H2,13,14). The number of nitrogens with zero attached hydrogens (tertiary/aromatic N) is 3. The summed E-state index contributed by atoms with van der Waals surface area (Å²) in [5, 5.41) is 1.22. The van der Waals surface area contributed by atoms with E-state index in [0.717, 1.165) is 17.4 Å². The van der Waals surface area contributed by atoms with E-state index in [1.807, 2.05) is 0 Å². The van der Waals surface area contributed by atoms with Crippen molar-refractivity contribution in [3.05, 3.63) is 0 Å². The number of piperidine rings is 1. The molecule has 0 aliphatic carbocycles. The smallest absolute Gasteiger partial charge is 0.153 e. The van der Waals surface area contributed by atoms with Crippen LogP contribution in [0, 0.1) is 5.92 Å². The zero-order valence-corrected chi connectivity index (χ0v) is 13.0. The molecule has 1 saturated heterocycles. The van der Waals surface area contributed by atoms with Crippen LogP contribution in [0.15, 0.2) is 4.90 Å². The maximum absolute atomic E-state index is 5.89. The molecule has 1 fully saturated rings. The average Bonchev–Trinajstić information content (AvgIpc) is 2.73. The van der Waals surface area contributed by atoms with Gasteiger partial charge < -0.3 is 15.5 Å². The predicted molar refractivity (Wildman–Crippen MR) is 81.8 cm³/mol. The second-order valence-corrected chi connectivity index (χ2v) is 6.60. The van der Waals surface area contributed by atoms with Gasteiger partial charge in [-0.3, -0.25) is 0 Å². The van der Waals surface area contributed by atoms with Crippen molar-refractivity contribution < 1.29 is 0 Å². The van der Waals surface area contributed by atoms with Crippen molar-refractivity contribution in [1.82, 2.24) is 9.27 Å². The minimum atomic E-state index is 0.678. The molecule has 0 saturated carbocycles. The van der Waals surface area contributed by atoms with Gasteiger partial charge in [-0.15, -0.1) is 11.8 Å². The molecular weight excluding hydrogens is 264 g/mol. The molecule has 102 valence electrons. The fourth-order valence-corrected chi connectivity index (χ4v) is 4.12. The number of anilines is 2. The van der Waals surface area contributed by atoms with Gasteiger partial charge in [-0.25, -0.2) is 0 Å². The van der Waals surface area contributed by atoms with Crippen molar-refractivity contribution in [3.63, 3.8) is 0 Å². The summed E-state index contributed by atoms with van der Waals surface area (Å²) in [6.07, 6.45) is 4.65. The molecule has 0 spiro atoms. The molecule has 1 aliphatic rings. The molecule has 0 amide bonds. The number of thioether (sulfide) groups is 1. The Morgan fingerprint density at radius 1 is 1.50 bits per heavy atom. The van der Waals surface area contributed by atoms with Crippen LogP contribution in [-0.2, 0) is 0 Å². The summed E-state index contributed by atoms with van der Waals surface area (Å²) in [4.78, 5) is 5.88. The first-order valence-electron chi connectivity index (χ1n) is 6.30. The number of likely N-dealkylation sites (tertiary alicyclic amines) is 1. The number of nitrogens with two attached hydrogens (primary N) is 1. The summed E-state index contributed by atoms with van der Waals surface area (Å²) >= 11 is 3.21. The highest BCUT2D eigenvalue weighted by Gasteiger charge is 2.21. The van der Waals surface area contributed by atoms with Crippen molar-refractivity contribution in [3.8, 4) is 0 Å². The molecule has 4 nitrogen and oxygen atoms in total. The average molecular weight is 286 g/mol. The summed E-state index contributed by atoms with van der Waals surface area (Å²) in [5.74, 6) is 1.47. The summed E-state index contributed by atoms with van der Waals surface area (Å²) < 4.78 is 4.26. The fourth-order valence-electron chi connectivity index (χ4n) is 2.43. The molecule has 6 heteroatoms. The Kier molecular flexibility index (Phi) is 4.75. The highest BCUT2D eigenvalue weighted by atomic mass is 32.2. The highest BCUT2D eigenvalue weighted by molar-refractivity contribution is 7.99. The summed E-state index contributed by atoms with van der Waals surface area (Å²) in [7, 11) is 4.36. The molecule has 2 N–H and O–H groups in total. The van der Waals surface area contributed by atoms with Gasteiger partial charge in [0.05, 0.1) is 4.90 Å². The van der Waals surface area contributed by atoms with Gasteiger partial charge in [-0.05, 0) is 56.7 Å². The van der Waals surface area contributed by atoms with Gasteiger partial charge >= 0.3 is 0 Å². The van der Waals surface area contributed by atoms with E-state index in [9.17, 15) is 0 Å². The Hall–Kier alpha value is -0.460. The van der Waals surface area contributed by atoms with E-state index in [1.165, 1.54) is 42.5 Å². The quantitative estimate of drug-likeness (QED) is 0.860. The SMILES string of the molecule is CSc1c(N)nsc1N(C)CC1CCN(C)CC1. The third kappa shape index (κ3) is 3.10. The van der Waals surface area contributed by atoms with E-state index >= 15 is 0 Å². The molecule has 18 heavy (non-hydrogen) atoms. The Labute approximate surface area is 118 Å². The second-order valence-electron chi connectivity index (χ2n) is 5.03. The highest BCUT2D eigenvalue weighted by Crippen LogP contribution is 2.37. The first-order chi connectivity index (χ1) is 8.61. The van der Waals surface area contributed by atoms with Gasteiger partial charge in [0.15, 0.2) is 5.82 Å². The van der Waals surface area contributed by atoms with Gasteiger partial charge in [-0.1, -0.05) is 0 Å². The minimum absolute atomic E-state index is 0.678. The molecule has 2 rings (SSSR count). The summed E-state index contributed by atoms with van der Waals surface area (Å²) in [6.45, 7) is 3.56. The summed E-state index contributed by atoms with van der Waals surface area (Å²) in [6, 6.07) is 0. The number of aromatic nitrogens is 1. The predicted octanol–water partition coefficient (Wildman–Crippen LogP) is 2.23. The molecule has 0 unspecified atom stereocenters. The van der Waals surface area contributed by atoms with Crippen LogP contribution in [-0.4, -0.2) is 49.3 Å². The van der Waals surface area contributed by atoms with Crippen LogP contribution in [0.25, 0.3) is 0 Å². The Morgan fingerprint density at radius 2 is 2.17 bits per heavy atom. The molecular formula is C12H22N4S2. The van der Waals surface area contributed by atoms with E-state index in [0.29, 0.717) is 5.82 Å². The summed E-state index contributed by atoms with van der Waals surface area (Å²) in [5.41, 5.74) is 5.89. The largest absolute Gasteiger partial charge is 0.382 e. The van der Waals surface area contributed by atoms with Crippen LogP contribution >= 0.6 is 23.3 Å². The monoisotopic (exact) mass is 286 g/mol. The Balaban J connectivity index is 1.96. The van der Waals surface area contributed by atoms with Crippen LogP contribution in [0.1, 0.15) is 12.8 Å². The molecule has 1 aromatic heterocycles. The van der Waals surface area contributed by atoms with Gasteiger partial charge in [0.2, 0.25) is 0 Å². The number of nitrogen functional groups attached to an aromatic ring is 1. The van der Waals surface area contributed by atoms with Crippen molar-refractivity contribution >= 4 is 34.1 Å². The molecule has 0 aromatic carbocycles. The molecule has 1 aliphatic heterocycles. The normalized spacial score (nSPS) is 18.2. The zero-order chi connectivity index (χ0) is 13.1. The topological polar surface area (TPSA) is 45.4 Å². The van der Waals surface area contributed by atoms with E-state index in [-0.39, 0.29) is 0 Å². The lowest BCUT2D eigenvalue weighted by Crippen LogP contribution is -2.35. The first-order valence-corrected chi connectivity index (χ1v) is 8.30. The van der Waals surface area contributed by atoms with Crippen molar-refractivity contribution in [1.29, 1.82) is 0 Å². The van der Waals surface area contributed by atoms with Crippen molar-refractivity contribution in [2.24, 2.45) is 5.92 Å². The maximum Gasteiger partial charge on any atom is 0.153 e. The van der Waals surface area contributed by atoms with Crippen molar-refractivity contribution in [2.75, 3.05) is 50.6 Å².